The minimum atomic E-state index is 0.0451. The molecule has 1 aliphatic carbocycles. The minimum absolute atomic E-state index is 0.0451. The van der Waals surface area contributed by atoms with E-state index in [1.165, 1.54) is 5.56 Å². The Hall–Kier alpha value is -2.71. The van der Waals surface area contributed by atoms with Crippen molar-refractivity contribution in [1.29, 1.82) is 0 Å². The molecule has 6 rings (SSSR count). The number of carbonyl (C=O) groups is 1. The third kappa shape index (κ3) is 4.38. The van der Waals surface area contributed by atoms with Crippen LogP contribution in [0.15, 0.2) is 23.0 Å². The number of H-pyrrole nitrogens is 1. The quantitative estimate of drug-likeness (QED) is 0.640. The summed E-state index contributed by atoms with van der Waals surface area (Å²) < 4.78 is 5.40. The lowest BCUT2D eigenvalue weighted by atomic mass is 9.74. The number of rotatable bonds is 5. The molecule has 3 aliphatic heterocycles. The zero-order valence-corrected chi connectivity index (χ0v) is 20.4. The normalized spacial score (nSPS) is 21.4. The van der Waals surface area contributed by atoms with Crippen molar-refractivity contribution in [1.82, 2.24) is 14.9 Å². The van der Waals surface area contributed by atoms with E-state index in [0.717, 1.165) is 119 Å². The maximum absolute atomic E-state index is 12.9. The number of aromatic nitrogens is 2. The highest BCUT2D eigenvalue weighted by atomic mass is 16.5. The molecule has 186 valence electrons. The predicted octanol–water partition coefficient (Wildman–Crippen LogP) is 2.52. The molecule has 1 aromatic heterocycles. The Morgan fingerprint density at radius 1 is 1.09 bits per heavy atom. The number of hydrogen-bond acceptors (Lipinski definition) is 7. The second-order valence-electron chi connectivity index (χ2n) is 10.5. The number of morpholine rings is 1. The van der Waals surface area contributed by atoms with E-state index in [-0.39, 0.29) is 16.8 Å². The Bertz CT molecular complexity index is 1160. The van der Waals surface area contributed by atoms with Crippen LogP contribution in [0.2, 0.25) is 0 Å². The lowest BCUT2D eigenvalue weighted by Crippen LogP contribution is -2.45. The molecular formula is C27H35N5O3. The summed E-state index contributed by atoms with van der Waals surface area (Å²) in [6.45, 7) is 6.76. The Kier molecular flexibility index (Phi) is 6.10. The van der Waals surface area contributed by atoms with Crippen LogP contribution in [0.1, 0.15) is 59.3 Å². The lowest BCUT2D eigenvalue weighted by Gasteiger charge is -2.39. The van der Waals surface area contributed by atoms with E-state index in [4.69, 9.17) is 9.72 Å². The molecule has 0 atom stereocenters. The molecule has 1 spiro atoms. The van der Waals surface area contributed by atoms with Gasteiger partial charge < -0.3 is 15.0 Å². The van der Waals surface area contributed by atoms with Gasteiger partial charge in [0.2, 0.25) is 5.95 Å². The second kappa shape index (κ2) is 9.39. The highest BCUT2D eigenvalue weighted by Crippen LogP contribution is 2.44. The van der Waals surface area contributed by atoms with Crippen LogP contribution in [0.4, 0.5) is 11.6 Å². The average Bonchev–Trinajstić information content (AvgIpc) is 3.25. The summed E-state index contributed by atoms with van der Waals surface area (Å²) in [5.41, 5.74) is 5.24. The lowest BCUT2D eigenvalue weighted by molar-refractivity contribution is 0.0370. The van der Waals surface area contributed by atoms with Crippen molar-refractivity contribution in [3.8, 4) is 0 Å². The maximum Gasteiger partial charge on any atom is 0.255 e. The Morgan fingerprint density at radius 3 is 2.71 bits per heavy atom. The van der Waals surface area contributed by atoms with Gasteiger partial charge in [0.25, 0.3) is 5.56 Å². The van der Waals surface area contributed by atoms with Gasteiger partial charge in [0.05, 0.1) is 18.9 Å². The number of fused-ring (bicyclic) bond motifs is 3. The smallest absolute Gasteiger partial charge is 0.255 e. The van der Waals surface area contributed by atoms with Crippen molar-refractivity contribution in [2.24, 2.45) is 0 Å². The molecule has 4 aliphatic rings. The summed E-state index contributed by atoms with van der Waals surface area (Å²) in [6.07, 6.45) is 6.50. The van der Waals surface area contributed by atoms with Crippen molar-refractivity contribution < 1.29 is 9.53 Å². The van der Waals surface area contributed by atoms with Crippen LogP contribution in [-0.4, -0.2) is 73.1 Å². The third-order valence-corrected chi connectivity index (χ3v) is 8.49. The van der Waals surface area contributed by atoms with Gasteiger partial charge in [0.1, 0.15) is 0 Å². The zero-order chi connectivity index (χ0) is 23.8. The van der Waals surface area contributed by atoms with Crippen LogP contribution in [0.5, 0.6) is 0 Å². The molecule has 2 aromatic rings. The summed E-state index contributed by atoms with van der Waals surface area (Å²) in [6, 6.07) is 6.25. The fourth-order valence-corrected chi connectivity index (χ4v) is 6.25. The number of ether oxygens (including phenoxy) is 1. The third-order valence-electron chi connectivity index (χ3n) is 8.49. The van der Waals surface area contributed by atoms with Crippen molar-refractivity contribution >= 4 is 17.4 Å². The van der Waals surface area contributed by atoms with E-state index in [9.17, 15) is 9.59 Å². The van der Waals surface area contributed by atoms with Gasteiger partial charge in [-0.25, -0.2) is 4.98 Å². The number of carbonyl (C=O) groups excluding carboxylic acids is 1. The van der Waals surface area contributed by atoms with Gasteiger partial charge in [0.15, 0.2) is 5.78 Å². The molecule has 0 bridgehead atoms. The average molecular weight is 478 g/mol. The SMILES string of the molecule is O=C(CCN1CCOCC1)c1ccc2c(c1)NCC21CCN(c2nc3c(c(=O)[nH]2)CCCC3)CC1. The summed E-state index contributed by atoms with van der Waals surface area (Å²) in [5.74, 6) is 0.942. The summed E-state index contributed by atoms with van der Waals surface area (Å²) in [5, 5.41) is 3.59. The molecule has 0 radical (unpaired) electrons. The number of nitrogens with one attached hydrogen (secondary N) is 2. The monoisotopic (exact) mass is 477 g/mol. The molecule has 1 aromatic carbocycles. The number of aromatic amines is 1. The summed E-state index contributed by atoms with van der Waals surface area (Å²) in [7, 11) is 0. The number of hydrogen-bond donors (Lipinski definition) is 2. The number of benzene rings is 1. The Balaban J connectivity index is 1.12. The predicted molar refractivity (Wildman–Crippen MR) is 136 cm³/mol. The molecular weight excluding hydrogens is 442 g/mol. The van der Waals surface area contributed by atoms with E-state index in [1.807, 2.05) is 6.07 Å². The van der Waals surface area contributed by atoms with Crippen molar-refractivity contribution in [3.63, 3.8) is 0 Å². The van der Waals surface area contributed by atoms with Crippen molar-refractivity contribution in [2.75, 3.05) is 62.7 Å². The van der Waals surface area contributed by atoms with Gasteiger partial charge in [-0.3, -0.25) is 19.5 Å². The standard InChI is InChI=1S/C27H35N5O3/c33-24(7-10-31-13-15-35-16-14-31)19-5-6-21-23(17-19)28-18-27(21)8-11-32(12-9-27)26-29-22-4-2-1-3-20(22)25(34)30-26/h5-6,17,28H,1-4,7-16,18H2,(H,29,30,34). The first-order chi connectivity index (χ1) is 17.1. The van der Waals surface area contributed by atoms with Crippen LogP contribution >= 0.6 is 0 Å². The molecule has 0 amide bonds. The first kappa shape index (κ1) is 22.7. The molecule has 2 saturated heterocycles. The van der Waals surface area contributed by atoms with Crippen LogP contribution in [0.25, 0.3) is 0 Å². The number of anilines is 2. The number of piperidine rings is 1. The Labute approximate surface area is 206 Å². The largest absolute Gasteiger partial charge is 0.384 e. The second-order valence-corrected chi connectivity index (χ2v) is 10.5. The molecule has 0 unspecified atom stereocenters. The Morgan fingerprint density at radius 2 is 1.89 bits per heavy atom. The summed E-state index contributed by atoms with van der Waals surface area (Å²) in [4.78, 5) is 37.9. The van der Waals surface area contributed by atoms with E-state index in [0.29, 0.717) is 6.42 Å². The fourth-order valence-electron chi connectivity index (χ4n) is 6.25. The first-order valence-corrected chi connectivity index (χ1v) is 13.2. The van der Waals surface area contributed by atoms with Crippen LogP contribution in [-0.2, 0) is 23.0 Å². The van der Waals surface area contributed by atoms with Crippen LogP contribution in [0.3, 0.4) is 0 Å². The molecule has 4 heterocycles. The topological polar surface area (TPSA) is 90.6 Å². The van der Waals surface area contributed by atoms with Crippen molar-refractivity contribution in [2.45, 2.75) is 50.4 Å². The van der Waals surface area contributed by atoms with Gasteiger partial charge in [-0.1, -0.05) is 12.1 Å². The minimum Gasteiger partial charge on any atom is -0.384 e. The number of nitrogens with zero attached hydrogens (tertiary/aromatic N) is 3. The molecule has 2 fully saturated rings. The van der Waals surface area contributed by atoms with E-state index >= 15 is 0 Å². The number of ketones is 1. The number of aryl methyl sites for hydroxylation is 1. The van der Waals surface area contributed by atoms with Crippen LogP contribution < -0.4 is 15.8 Å². The molecule has 0 saturated carbocycles. The summed E-state index contributed by atoms with van der Waals surface area (Å²) >= 11 is 0. The van der Waals surface area contributed by atoms with Crippen LogP contribution in [0, 0.1) is 0 Å². The van der Waals surface area contributed by atoms with Gasteiger partial charge in [-0.15, -0.1) is 0 Å². The van der Waals surface area contributed by atoms with Gasteiger partial charge >= 0.3 is 0 Å². The van der Waals surface area contributed by atoms with Gasteiger partial charge in [0, 0.05) is 67.9 Å². The van der Waals surface area contributed by atoms with Gasteiger partial charge in [-0.05, 0) is 50.2 Å². The van der Waals surface area contributed by atoms with E-state index in [2.05, 4.69) is 32.2 Å². The maximum atomic E-state index is 12.9. The molecule has 8 nitrogen and oxygen atoms in total. The molecule has 8 heteroatoms. The van der Waals surface area contributed by atoms with Crippen molar-refractivity contribution in [3.05, 3.63) is 50.9 Å². The highest BCUT2D eigenvalue weighted by Gasteiger charge is 2.42. The zero-order valence-electron chi connectivity index (χ0n) is 20.4. The van der Waals surface area contributed by atoms with Gasteiger partial charge in [-0.2, -0.15) is 0 Å². The number of Topliss-reactive ketones (excluding diaryl/α,β-unsaturated/α-hetero) is 1. The van der Waals surface area contributed by atoms with E-state index in [1.54, 1.807) is 0 Å². The first-order valence-electron chi connectivity index (χ1n) is 13.2. The fraction of sp³-hybridized carbons (Fsp3) is 0.593. The molecule has 2 N–H and O–H groups in total. The highest BCUT2D eigenvalue weighted by molar-refractivity contribution is 5.97. The van der Waals surface area contributed by atoms with E-state index < -0.39 is 0 Å². The molecule has 35 heavy (non-hydrogen) atoms.